The molecule has 8 nitrogen and oxygen atoms in total. The van der Waals surface area contributed by atoms with Crippen LogP contribution in [0.2, 0.25) is 0 Å². The number of hydrogen-bond donors (Lipinski definition) is 3. The van der Waals surface area contributed by atoms with Gasteiger partial charge in [-0.1, -0.05) is 25.0 Å². The van der Waals surface area contributed by atoms with Gasteiger partial charge in [0.25, 0.3) is 0 Å². The Bertz CT molecular complexity index is 1030. The third kappa shape index (κ3) is 6.02. The maximum absolute atomic E-state index is 14.0. The van der Waals surface area contributed by atoms with Crippen LogP contribution in [0.3, 0.4) is 0 Å². The van der Waals surface area contributed by atoms with Crippen molar-refractivity contribution in [2.45, 2.75) is 32.1 Å². The van der Waals surface area contributed by atoms with Crippen molar-refractivity contribution in [3.05, 3.63) is 48.5 Å². The molecule has 1 amide bonds. The highest BCUT2D eigenvalue weighted by Crippen LogP contribution is 2.35. The Morgan fingerprint density at radius 2 is 1.90 bits per heavy atom. The fraction of sp³-hybridized carbons (Fsp3) is 0.318. The fourth-order valence-electron chi connectivity index (χ4n) is 3.11. The van der Waals surface area contributed by atoms with Gasteiger partial charge in [0.1, 0.15) is 18.0 Å². The van der Waals surface area contributed by atoms with Gasteiger partial charge in [0.2, 0.25) is 5.91 Å². The molecule has 0 aliphatic heterocycles. The lowest BCUT2D eigenvalue weighted by Crippen LogP contribution is -2.17. The monoisotopic (exact) mass is 428 g/mol. The maximum Gasteiger partial charge on any atom is 0.243 e. The molecule has 0 fully saturated rings. The van der Waals surface area contributed by atoms with Gasteiger partial charge in [-0.25, -0.2) is 19.8 Å². The first-order valence-corrected chi connectivity index (χ1v) is 10.0. The normalized spacial score (nSPS) is 10.7. The number of hydroxylamine groups is 1. The Morgan fingerprint density at radius 1 is 1.10 bits per heavy atom. The van der Waals surface area contributed by atoms with Gasteiger partial charge in [0, 0.05) is 17.9 Å². The summed E-state index contributed by atoms with van der Waals surface area (Å²) in [6.45, 7) is 0.470. The zero-order valence-corrected chi connectivity index (χ0v) is 17.2. The largest absolute Gasteiger partial charge is 0.493 e. The summed E-state index contributed by atoms with van der Waals surface area (Å²) in [5.41, 5.74) is 2.58. The Balaban J connectivity index is 1.68. The van der Waals surface area contributed by atoms with Crippen molar-refractivity contribution in [1.82, 2.24) is 15.4 Å². The van der Waals surface area contributed by atoms with Gasteiger partial charge >= 0.3 is 0 Å². The summed E-state index contributed by atoms with van der Waals surface area (Å²) in [4.78, 5) is 19.5. The SMILES string of the molecule is COc1cc2ncnc(Nc3ccccc3F)c2cc1OCCCCCCC(=O)NO. The number of anilines is 2. The second-order valence-corrected chi connectivity index (χ2v) is 6.89. The van der Waals surface area contributed by atoms with Crippen LogP contribution in [0.1, 0.15) is 32.1 Å². The Morgan fingerprint density at radius 3 is 2.68 bits per heavy atom. The average molecular weight is 428 g/mol. The molecular weight excluding hydrogens is 403 g/mol. The van der Waals surface area contributed by atoms with Crippen molar-refractivity contribution in [2.75, 3.05) is 19.0 Å². The van der Waals surface area contributed by atoms with E-state index in [2.05, 4.69) is 15.3 Å². The van der Waals surface area contributed by atoms with Crippen LogP contribution in [0.25, 0.3) is 10.9 Å². The third-order valence-electron chi connectivity index (χ3n) is 4.73. The second kappa shape index (κ2) is 11.1. The lowest BCUT2D eigenvalue weighted by molar-refractivity contribution is -0.129. The van der Waals surface area contributed by atoms with Gasteiger partial charge < -0.3 is 14.8 Å². The molecule has 9 heteroatoms. The van der Waals surface area contributed by atoms with E-state index in [1.807, 2.05) is 0 Å². The van der Waals surface area contributed by atoms with E-state index in [9.17, 15) is 9.18 Å². The highest BCUT2D eigenvalue weighted by molar-refractivity contribution is 5.93. The summed E-state index contributed by atoms with van der Waals surface area (Å²) >= 11 is 0. The van der Waals surface area contributed by atoms with E-state index in [0.29, 0.717) is 53.4 Å². The van der Waals surface area contributed by atoms with Crippen LogP contribution in [-0.4, -0.2) is 34.8 Å². The number of amides is 1. The van der Waals surface area contributed by atoms with Gasteiger partial charge in [-0.05, 0) is 31.0 Å². The number of para-hydroxylation sites is 1. The van der Waals surface area contributed by atoms with E-state index in [1.54, 1.807) is 42.9 Å². The van der Waals surface area contributed by atoms with Crippen LogP contribution in [0, 0.1) is 5.82 Å². The fourth-order valence-corrected chi connectivity index (χ4v) is 3.11. The smallest absolute Gasteiger partial charge is 0.243 e. The Kier molecular flexibility index (Phi) is 7.94. The molecule has 31 heavy (non-hydrogen) atoms. The highest BCUT2D eigenvalue weighted by atomic mass is 19.1. The molecule has 0 bridgehead atoms. The molecule has 0 radical (unpaired) electrons. The first-order valence-electron chi connectivity index (χ1n) is 10.0. The molecule has 3 aromatic rings. The number of carbonyl (C=O) groups is 1. The zero-order valence-electron chi connectivity index (χ0n) is 17.2. The van der Waals surface area contributed by atoms with Crippen molar-refractivity contribution in [2.24, 2.45) is 0 Å². The van der Waals surface area contributed by atoms with E-state index in [4.69, 9.17) is 14.7 Å². The van der Waals surface area contributed by atoms with Crippen LogP contribution in [0.15, 0.2) is 42.7 Å². The first-order chi connectivity index (χ1) is 15.1. The van der Waals surface area contributed by atoms with Crippen molar-refractivity contribution < 1.29 is 23.9 Å². The molecule has 0 saturated carbocycles. The molecule has 0 aliphatic carbocycles. The number of fused-ring (bicyclic) bond motifs is 1. The minimum atomic E-state index is -0.379. The molecule has 1 heterocycles. The number of unbranched alkanes of at least 4 members (excludes halogenated alkanes) is 3. The molecule has 1 aromatic heterocycles. The minimum absolute atomic E-state index is 0.299. The summed E-state index contributed by atoms with van der Waals surface area (Å²) in [7, 11) is 1.56. The molecule has 0 spiro atoms. The quantitative estimate of drug-likeness (QED) is 0.237. The predicted molar refractivity (Wildman–Crippen MR) is 114 cm³/mol. The van der Waals surface area contributed by atoms with E-state index < -0.39 is 0 Å². The minimum Gasteiger partial charge on any atom is -0.493 e. The maximum atomic E-state index is 14.0. The lowest BCUT2D eigenvalue weighted by atomic mass is 10.1. The molecule has 0 aliphatic rings. The number of hydrogen-bond acceptors (Lipinski definition) is 7. The number of aromatic nitrogens is 2. The summed E-state index contributed by atoms with van der Waals surface area (Å²) in [5.74, 6) is 0.795. The standard InChI is InChI=1S/C22H25FN4O4/c1-30-19-13-18-15(12-20(19)31-11-7-3-2-4-10-21(28)27-29)22(25-14-24-18)26-17-9-6-5-8-16(17)23/h5-6,8-9,12-14,29H,2-4,7,10-11H2,1H3,(H,27,28)(H,24,25,26). The molecule has 0 saturated heterocycles. The Labute approximate surface area is 179 Å². The lowest BCUT2D eigenvalue weighted by Gasteiger charge is -2.14. The molecule has 2 aromatic carbocycles. The molecule has 0 unspecified atom stereocenters. The van der Waals surface area contributed by atoms with Gasteiger partial charge in [-0.15, -0.1) is 0 Å². The topological polar surface area (TPSA) is 106 Å². The molecular formula is C22H25FN4O4. The predicted octanol–water partition coefficient (Wildman–Crippen LogP) is 4.36. The highest BCUT2D eigenvalue weighted by Gasteiger charge is 2.13. The van der Waals surface area contributed by atoms with Crippen molar-refractivity contribution >= 4 is 28.3 Å². The summed E-state index contributed by atoms with van der Waals surface area (Å²) in [6, 6.07) is 9.91. The van der Waals surface area contributed by atoms with Crippen LogP contribution < -0.4 is 20.3 Å². The number of methoxy groups -OCH3 is 1. The first kappa shape index (κ1) is 22.2. The summed E-state index contributed by atoms with van der Waals surface area (Å²) < 4.78 is 25.4. The van der Waals surface area contributed by atoms with Crippen molar-refractivity contribution in [3.63, 3.8) is 0 Å². The van der Waals surface area contributed by atoms with Crippen LogP contribution >= 0.6 is 0 Å². The van der Waals surface area contributed by atoms with Crippen molar-refractivity contribution in [3.8, 4) is 11.5 Å². The molecule has 3 N–H and O–H groups in total. The van der Waals surface area contributed by atoms with E-state index in [-0.39, 0.29) is 11.7 Å². The number of nitrogens with one attached hydrogen (secondary N) is 2. The van der Waals surface area contributed by atoms with E-state index >= 15 is 0 Å². The van der Waals surface area contributed by atoms with E-state index in [0.717, 1.165) is 19.3 Å². The number of halogens is 1. The van der Waals surface area contributed by atoms with Gasteiger partial charge in [-0.2, -0.15) is 0 Å². The molecule has 164 valence electrons. The second-order valence-electron chi connectivity index (χ2n) is 6.89. The van der Waals surface area contributed by atoms with Crippen LogP contribution in [0.4, 0.5) is 15.9 Å². The zero-order chi connectivity index (χ0) is 22.1. The summed E-state index contributed by atoms with van der Waals surface area (Å²) in [6.07, 6.45) is 4.95. The van der Waals surface area contributed by atoms with Gasteiger partial charge in [-0.3, -0.25) is 10.0 Å². The number of carbonyl (C=O) groups excluding carboxylic acids is 1. The van der Waals surface area contributed by atoms with Gasteiger partial charge in [0.05, 0.1) is 24.9 Å². The Hall–Kier alpha value is -3.46. The average Bonchev–Trinajstić information content (AvgIpc) is 2.79. The van der Waals surface area contributed by atoms with E-state index in [1.165, 1.54) is 12.4 Å². The van der Waals surface area contributed by atoms with Gasteiger partial charge in [0.15, 0.2) is 11.5 Å². The number of rotatable bonds is 11. The summed E-state index contributed by atoms with van der Waals surface area (Å²) in [5, 5.41) is 12.2. The number of nitrogens with zero attached hydrogens (tertiary/aromatic N) is 2. The molecule has 3 rings (SSSR count). The number of ether oxygens (including phenoxy) is 2. The third-order valence-corrected chi connectivity index (χ3v) is 4.73. The number of benzene rings is 2. The van der Waals surface area contributed by atoms with Crippen LogP contribution in [-0.2, 0) is 4.79 Å². The van der Waals surface area contributed by atoms with Crippen LogP contribution in [0.5, 0.6) is 11.5 Å². The van der Waals surface area contributed by atoms with Crippen molar-refractivity contribution in [1.29, 1.82) is 0 Å². The molecule has 0 atom stereocenters.